The van der Waals surface area contributed by atoms with Gasteiger partial charge in [-0.25, -0.2) is 4.98 Å². The van der Waals surface area contributed by atoms with Crippen molar-refractivity contribution in [2.24, 2.45) is 7.05 Å². The first-order chi connectivity index (χ1) is 7.81. The first kappa shape index (κ1) is 10.7. The maximum Gasteiger partial charge on any atom is 0.0946 e. The Morgan fingerprint density at radius 3 is 2.69 bits per heavy atom. The van der Waals surface area contributed by atoms with Gasteiger partial charge in [-0.1, -0.05) is 18.2 Å². The summed E-state index contributed by atoms with van der Waals surface area (Å²) in [7, 11) is 1.91. The van der Waals surface area contributed by atoms with E-state index >= 15 is 0 Å². The van der Waals surface area contributed by atoms with Crippen LogP contribution in [0, 0.1) is 0 Å². The standard InChI is InChI=1S/C12H15N3O/c1-15-9-13-7-12(15)11(8-16)14-10-5-3-2-4-6-10/h2-7,9,11,14,16H,8H2,1H3. The maximum atomic E-state index is 9.38. The number of aliphatic hydroxyl groups excluding tert-OH is 1. The molecule has 0 aliphatic rings. The number of para-hydroxylation sites is 1. The number of aliphatic hydroxyl groups is 1. The molecule has 0 radical (unpaired) electrons. The number of hydrogen-bond acceptors (Lipinski definition) is 3. The zero-order chi connectivity index (χ0) is 11.4. The van der Waals surface area contributed by atoms with Crippen molar-refractivity contribution in [1.82, 2.24) is 9.55 Å². The summed E-state index contributed by atoms with van der Waals surface area (Å²) < 4.78 is 1.90. The van der Waals surface area contributed by atoms with Gasteiger partial charge in [-0.3, -0.25) is 0 Å². The van der Waals surface area contributed by atoms with E-state index in [1.54, 1.807) is 12.5 Å². The topological polar surface area (TPSA) is 50.1 Å². The third-order valence-electron chi connectivity index (χ3n) is 2.51. The van der Waals surface area contributed by atoms with Crippen molar-refractivity contribution in [1.29, 1.82) is 0 Å². The molecule has 0 fully saturated rings. The van der Waals surface area contributed by atoms with Crippen LogP contribution in [0.5, 0.6) is 0 Å². The Kier molecular flexibility index (Phi) is 3.22. The Hall–Kier alpha value is -1.81. The highest BCUT2D eigenvalue weighted by molar-refractivity contribution is 5.44. The van der Waals surface area contributed by atoms with Crippen LogP contribution < -0.4 is 5.32 Å². The SMILES string of the molecule is Cn1cncc1C(CO)Nc1ccccc1. The van der Waals surface area contributed by atoms with Crippen LogP contribution in [0.25, 0.3) is 0 Å². The molecule has 4 nitrogen and oxygen atoms in total. The third kappa shape index (κ3) is 2.23. The van der Waals surface area contributed by atoms with Gasteiger partial charge in [0.25, 0.3) is 0 Å². The highest BCUT2D eigenvalue weighted by Gasteiger charge is 2.13. The van der Waals surface area contributed by atoms with E-state index in [9.17, 15) is 5.11 Å². The summed E-state index contributed by atoms with van der Waals surface area (Å²) in [5, 5.41) is 12.6. The van der Waals surface area contributed by atoms with E-state index in [0.29, 0.717) is 0 Å². The number of aromatic nitrogens is 2. The van der Waals surface area contributed by atoms with Crippen LogP contribution in [0.2, 0.25) is 0 Å². The molecule has 1 unspecified atom stereocenters. The van der Waals surface area contributed by atoms with Crippen LogP contribution in [0.15, 0.2) is 42.9 Å². The van der Waals surface area contributed by atoms with E-state index in [2.05, 4.69) is 10.3 Å². The zero-order valence-corrected chi connectivity index (χ0v) is 9.17. The fourth-order valence-corrected chi connectivity index (χ4v) is 1.65. The van der Waals surface area contributed by atoms with Crippen LogP contribution in [0.1, 0.15) is 11.7 Å². The molecule has 1 aromatic carbocycles. The number of anilines is 1. The second-order valence-corrected chi connectivity index (χ2v) is 3.67. The molecule has 0 aliphatic heterocycles. The zero-order valence-electron chi connectivity index (χ0n) is 9.17. The molecule has 1 atom stereocenters. The fraction of sp³-hybridized carbons (Fsp3) is 0.250. The monoisotopic (exact) mass is 217 g/mol. The van der Waals surface area contributed by atoms with Crippen LogP contribution in [0.4, 0.5) is 5.69 Å². The van der Waals surface area contributed by atoms with Crippen molar-refractivity contribution in [3.63, 3.8) is 0 Å². The van der Waals surface area contributed by atoms with Gasteiger partial charge >= 0.3 is 0 Å². The van der Waals surface area contributed by atoms with Gasteiger partial charge in [0.15, 0.2) is 0 Å². The van der Waals surface area contributed by atoms with Crippen molar-refractivity contribution in [3.8, 4) is 0 Å². The average molecular weight is 217 g/mol. The highest BCUT2D eigenvalue weighted by Crippen LogP contribution is 2.17. The van der Waals surface area contributed by atoms with E-state index in [1.807, 2.05) is 41.9 Å². The quantitative estimate of drug-likeness (QED) is 0.817. The highest BCUT2D eigenvalue weighted by atomic mass is 16.3. The van der Waals surface area contributed by atoms with Crippen LogP contribution in [0.3, 0.4) is 0 Å². The lowest BCUT2D eigenvalue weighted by molar-refractivity contribution is 0.272. The number of nitrogens with zero attached hydrogens (tertiary/aromatic N) is 2. The largest absolute Gasteiger partial charge is 0.394 e. The van der Waals surface area contributed by atoms with Crippen LogP contribution in [-0.2, 0) is 7.05 Å². The summed E-state index contributed by atoms with van der Waals surface area (Å²) >= 11 is 0. The number of benzene rings is 1. The molecule has 4 heteroatoms. The Morgan fingerprint density at radius 1 is 1.38 bits per heavy atom. The Morgan fingerprint density at radius 2 is 2.12 bits per heavy atom. The summed E-state index contributed by atoms with van der Waals surface area (Å²) in [6, 6.07) is 9.69. The van der Waals surface area contributed by atoms with Gasteiger partial charge in [0.1, 0.15) is 0 Å². The van der Waals surface area contributed by atoms with E-state index in [4.69, 9.17) is 0 Å². The number of nitrogens with one attached hydrogen (secondary N) is 1. The molecule has 2 rings (SSSR count). The molecule has 1 heterocycles. The molecular formula is C12H15N3O. The predicted octanol–water partition coefficient (Wildman–Crippen LogP) is 1.57. The second kappa shape index (κ2) is 4.81. The van der Waals surface area contributed by atoms with Gasteiger partial charge in [0.05, 0.1) is 30.9 Å². The number of hydrogen-bond donors (Lipinski definition) is 2. The summed E-state index contributed by atoms with van der Waals surface area (Å²) in [5.41, 5.74) is 1.95. The molecule has 0 spiro atoms. The van der Waals surface area contributed by atoms with Crippen molar-refractivity contribution in [3.05, 3.63) is 48.5 Å². The van der Waals surface area contributed by atoms with Crippen molar-refractivity contribution in [2.75, 3.05) is 11.9 Å². The summed E-state index contributed by atoms with van der Waals surface area (Å²) in [5.74, 6) is 0. The molecule has 0 amide bonds. The lowest BCUT2D eigenvalue weighted by atomic mass is 10.2. The van der Waals surface area contributed by atoms with E-state index in [-0.39, 0.29) is 12.6 Å². The average Bonchev–Trinajstić information content (AvgIpc) is 2.74. The van der Waals surface area contributed by atoms with Gasteiger partial charge < -0.3 is 15.0 Å². The van der Waals surface area contributed by atoms with Gasteiger partial charge in [-0.2, -0.15) is 0 Å². The molecule has 2 aromatic rings. The normalized spacial score (nSPS) is 12.4. The Balaban J connectivity index is 2.16. The molecule has 0 saturated carbocycles. The smallest absolute Gasteiger partial charge is 0.0946 e. The molecule has 84 valence electrons. The van der Waals surface area contributed by atoms with Gasteiger partial charge in [-0.15, -0.1) is 0 Å². The van der Waals surface area contributed by atoms with Crippen LogP contribution >= 0.6 is 0 Å². The van der Waals surface area contributed by atoms with Crippen LogP contribution in [-0.4, -0.2) is 21.3 Å². The predicted molar refractivity (Wildman–Crippen MR) is 63.1 cm³/mol. The van der Waals surface area contributed by atoms with Crippen molar-refractivity contribution < 1.29 is 5.11 Å². The first-order valence-electron chi connectivity index (χ1n) is 5.20. The van der Waals surface area contributed by atoms with E-state index in [0.717, 1.165) is 11.4 Å². The fourth-order valence-electron chi connectivity index (χ4n) is 1.65. The Labute approximate surface area is 94.6 Å². The minimum atomic E-state index is -0.130. The first-order valence-corrected chi connectivity index (χ1v) is 5.20. The summed E-state index contributed by atoms with van der Waals surface area (Å²) in [6.45, 7) is 0.0361. The summed E-state index contributed by atoms with van der Waals surface area (Å²) in [6.07, 6.45) is 3.49. The lowest BCUT2D eigenvalue weighted by Gasteiger charge is -2.17. The Bertz CT molecular complexity index is 439. The van der Waals surface area contributed by atoms with Gasteiger partial charge in [-0.05, 0) is 12.1 Å². The third-order valence-corrected chi connectivity index (χ3v) is 2.51. The number of aryl methyl sites for hydroxylation is 1. The summed E-state index contributed by atoms with van der Waals surface area (Å²) in [4.78, 5) is 4.04. The maximum absolute atomic E-state index is 9.38. The minimum Gasteiger partial charge on any atom is -0.394 e. The van der Waals surface area contributed by atoms with Crippen molar-refractivity contribution >= 4 is 5.69 Å². The van der Waals surface area contributed by atoms with Gasteiger partial charge in [0, 0.05) is 12.7 Å². The second-order valence-electron chi connectivity index (χ2n) is 3.67. The lowest BCUT2D eigenvalue weighted by Crippen LogP contribution is -2.17. The molecule has 2 N–H and O–H groups in total. The van der Waals surface area contributed by atoms with Crippen molar-refractivity contribution in [2.45, 2.75) is 6.04 Å². The molecule has 0 aliphatic carbocycles. The minimum absolute atomic E-state index is 0.0361. The molecule has 1 aromatic heterocycles. The number of imidazole rings is 1. The van der Waals surface area contributed by atoms with E-state index in [1.165, 1.54) is 0 Å². The molecule has 16 heavy (non-hydrogen) atoms. The molecule has 0 saturated heterocycles. The number of rotatable bonds is 4. The molecular weight excluding hydrogens is 202 g/mol. The molecule has 0 bridgehead atoms. The van der Waals surface area contributed by atoms with E-state index < -0.39 is 0 Å². The van der Waals surface area contributed by atoms with Gasteiger partial charge in [0.2, 0.25) is 0 Å².